The second kappa shape index (κ2) is 8.50. The van der Waals surface area contributed by atoms with Gasteiger partial charge in [-0.15, -0.1) is 0 Å². The van der Waals surface area contributed by atoms with Crippen molar-refractivity contribution in [1.82, 2.24) is 9.80 Å². The van der Waals surface area contributed by atoms with Crippen LogP contribution in [0.4, 0.5) is 5.69 Å². The number of benzene rings is 1. The molecule has 0 bridgehead atoms. The van der Waals surface area contributed by atoms with Crippen molar-refractivity contribution in [3.05, 3.63) is 24.3 Å². The molecule has 1 N–H and O–H groups in total. The number of nitrogens with one attached hydrogen (secondary N) is 1. The molecule has 0 radical (unpaired) electrons. The third-order valence-electron chi connectivity index (χ3n) is 3.54. The summed E-state index contributed by atoms with van der Waals surface area (Å²) in [5.74, 6) is 0.527. The maximum atomic E-state index is 12.1. The van der Waals surface area contributed by atoms with Crippen LogP contribution in [0.15, 0.2) is 24.3 Å². The van der Waals surface area contributed by atoms with E-state index in [-0.39, 0.29) is 24.9 Å². The minimum absolute atomic E-state index is 0.0185. The Hall–Kier alpha value is -2.12. The number of carbonyl (C=O) groups is 2. The number of morpholine rings is 1. The van der Waals surface area contributed by atoms with Crippen LogP contribution in [-0.2, 0) is 14.3 Å². The molecule has 2 rings (SSSR count). The second-order valence-corrected chi connectivity index (χ2v) is 5.45. The Kier molecular flexibility index (Phi) is 6.37. The summed E-state index contributed by atoms with van der Waals surface area (Å²) in [5, 5.41) is 2.79. The summed E-state index contributed by atoms with van der Waals surface area (Å²) < 4.78 is 10.3. The lowest BCUT2D eigenvalue weighted by atomic mass is 10.3. The Bertz CT molecular complexity index is 544. The topological polar surface area (TPSA) is 71.1 Å². The van der Waals surface area contributed by atoms with Gasteiger partial charge in [-0.25, -0.2) is 0 Å². The molecule has 0 unspecified atom stereocenters. The molecule has 23 heavy (non-hydrogen) atoms. The summed E-state index contributed by atoms with van der Waals surface area (Å²) in [6, 6.07) is 7.15. The fourth-order valence-corrected chi connectivity index (χ4v) is 2.35. The number of hydrogen-bond donors (Lipinski definition) is 1. The van der Waals surface area contributed by atoms with Crippen LogP contribution in [0, 0.1) is 0 Å². The highest BCUT2D eigenvalue weighted by molar-refractivity contribution is 5.92. The monoisotopic (exact) mass is 321 g/mol. The summed E-state index contributed by atoms with van der Waals surface area (Å²) in [5.41, 5.74) is 0.669. The zero-order valence-corrected chi connectivity index (χ0v) is 13.6. The molecule has 2 amide bonds. The normalized spacial score (nSPS) is 14.7. The van der Waals surface area contributed by atoms with Crippen LogP contribution < -0.4 is 10.1 Å². The van der Waals surface area contributed by atoms with E-state index in [4.69, 9.17) is 9.47 Å². The van der Waals surface area contributed by atoms with Gasteiger partial charge in [-0.1, -0.05) is 6.07 Å². The number of likely N-dealkylation sites (N-methyl/N-ethyl adjacent to an activating group) is 1. The first-order chi connectivity index (χ1) is 11.1. The van der Waals surface area contributed by atoms with Crippen molar-refractivity contribution in [1.29, 1.82) is 0 Å². The van der Waals surface area contributed by atoms with Crippen LogP contribution in [-0.4, -0.2) is 75.2 Å². The lowest BCUT2D eigenvalue weighted by molar-refractivity contribution is -0.136. The summed E-state index contributed by atoms with van der Waals surface area (Å²) in [6.07, 6.45) is 0. The molecule has 1 aromatic rings. The molecule has 0 atom stereocenters. The first-order valence-electron chi connectivity index (χ1n) is 7.56. The van der Waals surface area contributed by atoms with Gasteiger partial charge < -0.3 is 19.7 Å². The molecule has 1 saturated heterocycles. The average molecular weight is 321 g/mol. The highest BCUT2D eigenvalue weighted by Gasteiger charge is 2.19. The molecular weight excluding hydrogens is 298 g/mol. The summed E-state index contributed by atoms with van der Waals surface area (Å²) in [7, 11) is 3.33. The van der Waals surface area contributed by atoms with Gasteiger partial charge >= 0.3 is 0 Å². The Balaban J connectivity index is 1.78. The molecule has 1 aliphatic heterocycles. The van der Waals surface area contributed by atoms with E-state index in [0.717, 1.165) is 0 Å². The van der Waals surface area contributed by atoms with Crippen molar-refractivity contribution in [3.8, 4) is 5.75 Å². The molecule has 1 aliphatic rings. The fraction of sp³-hybridized carbons (Fsp3) is 0.500. The lowest BCUT2D eigenvalue weighted by Crippen LogP contribution is -2.46. The van der Waals surface area contributed by atoms with Gasteiger partial charge in [0.15, 0.2) is 0 Å². The Morgan fingerprint density at radius 1 is 1.30 bits per heavy atom. The van der Waals surface area contributed by atoms with E-state index >= 15 is 0 Å². The van der Waals surface area contributed by atoms with Crippen molar-refractivity contribution < 1.29 is 19.1 Å². The first-order valence-corrected chi connectivity index (χ1v) is 7.56. The molecule has 1 aromatic carbocycles. The summed E-state index contributed by atoms with van der Waals surface area (Å²) in [4.78, 5) is 27.6. The predicted octanol–water partition coefficient (Wildman–Crippen LogP) is 0.424. The summed E-state index contributed by atoms with van der Waals surface area (Å²) >= 11 is 0. The number of rotatable bonds is 6. The Labute approximate surface area is 136 Å². The number of hydrogen-bond acceptors (Lipinski definition) is 5. The highest BCUT2D eigenvalue weighted by atomic mass is 16.5. The minimum atomic E-state index is -0.171. The quantitative estimate of drug-likeness (QED) is 0.822. The largest absolute Gasteiger partial charge is 0.497 e. The minimum Gasteiger partial charge on any atom is -0.497 e. The van der Waals surface area contributed by atoms with Crippen molar-refractivity contribution in [2.24, 2.45) is 0 Å². The maximum absolute atomic E-state index is 12.1. The van der Waals surface area contributed by atoms with E-state index < -0.39 is 0 Å². The predicted molar refractivity (Wildman–Crippen MR) is 86.5 cm³/mol. The second-order valence-electron chi connectivity index (χ2n) is 5.45. The van der Waals surface area contributed by atoms with Gasteiger partial charge in [0.2, 0.25) is 11.8 Å². The zero-order valence-electron chi connectivity index (χ0n) is 13.6. The van der Waals surface area contributed by atoms with Gasteiger partial charge in [0.1, 0.15) is 5.75 Å². The van der Waals surface area contributed by atoms with Gasteiger partial charge in [-0.3, -0.25) is 14.5 Å². The molecule has 0 spiro atoms. The molecule has 1 fully saturated rings. The Morgan fingerprint density at radius 2 is 2.04 bits per heavy atom. The highest BCUT2D eigenvalue weighted by Crippen LogP contribution is 2.16. The van der Waals surface area contributed by atoms with Crippen LogP contribution in [0.5, 0.6) is 5.75 Å². The number of methoxy groups -OCH3 is 1. The Morgan fingerprint density at radius 3 is 2.74 bits per heavy atom. The van der Waals surface area contributed by atoms with Crippen LogP contribution in [0.2, 0.25) is 0 Å². The van der Waals surface area contributed by atoms with E-state index in [0.29, 0.717) is 37.7 Å². The van der Waals surface area contributed by atoms with Crippen molar-refractivity contribution >= 4 is 17.5 Å². The smallest absolute Gasteiger partial charge is 0.238 e. The molecule has 0 aliphatic carbocycles. The number of nitrogens with zero attached hydrogens (tertiary/aromatic N) is 2. The maximum Gasteiger partial charge on any atom is 0.238 e. The van der Waals surface area contributed by atoms with Crippen molar-refractivity contribution in [2.45, 2.75) is 0 Å². The third kappa shape index (κ3) is 5.54. The number of ether oxygens (including phenoxy) is 2. The van der Waals surface area contributed by atoms with Gasteiger partial charge in [0, 0.05) is 24.8 Å². The standard InChI is InChI=1S/C16H23N3O4/c1-18(12-16(21)19-6-8-23-9-7-19)11-15(20)17-13-4-3-5-14(10-13)22-2/h3-5,10H,6-9,11-12H2,1-2H3,(H,17,20). The number of amides is 2. The van der Waals surface area contributed by atoms with Crippen LogP contribution in [0.25, 0.3) is 0 Å². The zero-order chi connectivity index (χ0) is 16.7. The van der Waals surface area contributed by atoms with E-state index in [2.05, 4.69) is 5.32 Å². The molecule has 0 aromatic heterocycles. The number of carbonyl (C=O) groups excluding carboxylic acids is 2. The van der Waals surface area contributed by atoms with Crippen molar-refractivity contribution in [3.63, 3.8) is 0 Å². The molecule has 0 saturated carbocycles. The van der Waals surface area contributed by atoms with Crippen LogP contribution >= 0.6 is 0 Å². The van der Waals surface area contributed by atoms with Gasteiger partial charge in [-0.05, 0) is 19.2 Å². The number of anilines is 1. The molecule has 126 valence electrons. The first kappa shape index (κ1) is 17.2. The van der Waals surface area contributed by atoms with E-state index in [1.165, 1.54) is 0 Å². The molecule has 7 nitrogen and oxygen atoms in total. The van der Waals surface area contributed by atoms with Crippen LogP contribution in [0.1, 0.15) is 0 Å². The van der Waals surface area contributed by atoms with Crippen molar-refractivity contribution in [2.75, 3.05) is 58.9 Å². The SMILES string of the molecule is COc1cccc(NC(=O)CN(C)CC(=O)N2CCOCC2)c1. The molecular formula is C16H23N3O4. The van der Waals surface area contributed by atoms with E-state index in [1.807, 2.05) is 6.07 Å². The third-order valence-corrected chi connectivity index (χ3v) is 3.54. The summed E-state index contributed by atoms with van der Waals surface area (Å²) in [6.45, 7) is 2.74. The van der Waals surface area contributed by atoms with Crippen LogP contribution in [0.3, 0.4) is 0 Å². The van der Waals surface area contributed by atoms with Gasteiger partial charge in [0.25, 0.3) is 0 Å². The van der Waals surface area contributed by atoms with E-state index in [9.17, 15) is 9.59 Å². The fourth-order valence-electron chi connectivity index (χ4n) is 2.35. The van der Waals surface area contributed by atoms with E-state index in [1.54, 1.807) is 42.2 Å². The van der Waals surface area contributed by atoms with Gasteiger partial charge in [-0.2, -0.15) is 0 Å². The molecule has 1 heterocycles. The lowest BCUT2D eigenvalue weighted by Gasteiger charge is -2.28. The average Bonchev–Trinajstić information content (AvgIpc) is 2.55. The molecule has 7 heteroatoms. The van der Waals surface area contributed by atoms with Gasteiger partial charge in [0.05, 0.1) is 33.4 Å².